The number of ether oxygens (including phenoxy) is 2. The van der Waals surface area contributed by atoms with Crippen LogP contribution in [0.2, 0.25) is 0 Å². The van der Waals surface area contributed by atoms with Gasteiger partial charge in [-0.25, -0.2) is 4.79 Å². The summed E-state index contributed by atoms with van der Waals surface area (Å²) in [5.74, 6) is -1.28. The summed E-state index contributed by atoms with van der Waals surface area (Å²) < 4.78 is 10.2. The predicted octanol–water partition coefficient (Wildman–Crippen LogP) is 0.108. The minimum absolute atomic E-state index is 0.320. The van der Waals surface area contributed by atoms with Crippen LogP contribution >= 0.6 is 0 Å². The summed E-state index contributed by atoms with van der Waals surface area (Å²) in [6.07, 6.45) is -0.460. The molecule has 0 N–H and O–H groups in total. The van der Waals surface area contributed by atoms with Crippen LogP contribution in [0.5, 0.6) is 0 Å². The number of hydrogen-bond acceptors (Lipinski definition) is 5. The average molecular weight is 244 g/mol. The van der Waals surface area contributed by atoms with E-state index in [-0.39, 0.29) is 0 Å². The molecule has 1 rings (SSSR count). The Bertz CT molecular complexity index is 309. The molecule has 1 aliphatic rings. The van der Waals surface area contributed by atoms with Crippen LogP contribution in [-0.2, 0) is 14.3 Å². The highest BCUT2D eigenvalue weighted by Crippen LogP contribution is 2.26. The number of carboxylic acid groups (broad SMARTS) is 1. The maximum absolute atomic E-state index is 11.9. The van der Waals surface area contributed by atoms with Gasteiger partial charge >= 0.3 is 6.09 Å². The summed E-state index contributed by atoms with van der Waals surface area (Å²) in [5.41, 5.74) is -0.672. The van der Waals surface area contributed by atoms with E-state index >= 15 is 0 Å². The lowest BCUT2D eigenvalue weighted by molar-refractivity contribution is -0.311. The van der Waals surface area contributed by atoms with E-state index < -0.39 is 29.9 Å². The van der Waals surface area contributed by atoms with E-state index in [2.05, 4.69) is 0 Å². The van der Waals surface area contributed by atoms with Crippen molar-refractivity contribution in [3.8, 4) is 0 Å². The molecule has 17 heavy (non-hydrogen) atoms. The van der Waals surface area contributed by atoms with Gasteiger partial charge in [0.25, 0.3) is 0 Å². The average Bonchev–Trinajstić information content (AvgIpc) is 2.57. The van der Waals surface area contributed by atoms with Crippen LogP contribution in [0.4, 0.5) is 4.79 Å². The summed E-state index contributed by atoms with van der Waals surface area (Å²) in [4.78, 5) is 23.9. The summed E-state index contributed by atoms with van der Waals surface area (Å²) in [7, 11) is 1.43. The van der Waals surface area contributed by atoms with Gasteiger partial charge in [-0.15, -0.1) is 0 Å². The maximum atomic E-state index is 11.9. The summed E-state index contributed by atoms with van der Waals surface area (Å²) >= 11 is 0. The van der Waals surface area contributed by atoms with E-state index in [0.717, 1.165) is 4.90 Å². The third kappa shape index (κ3) is 3.33. The Morgan fingerprint density at radius 3 is 2.29 bits per heavy atom. The molecule has 0 aromatic rings. The van der Waals surface area contributed by atoms with Crippen LogP contribution in [0.15, 0.2) is 0 Å². The fourth-order valence-corrected chi connectivity index (χ4v) is 1.80. The van der Waals surface area contributed by atoms with Crippen molar-refractivity contribution < 1.29 is 24.2 Å². The van der Waals surface area contributed by atoms with Gasteiger partial charge in [-0.3, -0.25) is 4.90 Å². The first-order valence-corrected chi connectivity index (χ1v) is 5.51. The highest BCUT2D eigenvalue weighted by molar-refractivity contribution is 5.79. The van der Waals surface area contributed by atoms with Crippen LogP contribution in [0.1, 0.15) is 33.6 Å². The smallest absolute Gasteiger partial charge is 0.412 e. The number of likely N-dealkylation sites (tertiary alicyclic amines) is 1. The predicted molar refractivity (Wildman–Crippen MR) is 56.9 cm³/mol. The molecule has 0 aromatic heterocycles. The highest BCUT2D eigenvalue weighted by atomic mass is 16.6. The van der Waals surface area contributed by atoms with E-state index in [9.17, 15) is 14.7 Å². The topological polar surface area (TPSA) is 78.9 Å². The van der Waals surface area contributed by atoms with Crippen LogP contribution in [0.25, 0.3) is 0 Å². The fourth-order valence-electron chi connectivity index (χ4n) is 1.80. The monoisotopic (exact) mass is 244 g/mol. The number of amides is 1. The molecule has 1 heterocycles. The number of methoxy groups -OCH3 is 1. The first-order chi connectivity index (χ1) is 7.76. The zero-order valence-corrected chi connectivity index (χ0v) is 10.6. The Labute approximate surface area is 100 Å². The molecule has 6 heteroatoms. The molecule has 1 amide bonds. The Balaban J connectivity index is 2.82. The molecule has 1 fully saturated rings. The van der Waals surface area contributed by atoms with Crippen LogP contribution in [0, 0.1) is 0 Å². The SMILES string of the molecule is COC1CCC(C(=O)[O-])N1C(=O)OC(C)(C)C. The van der Waals surface area contributed by atoms with E-state index in [0.29, 0.717) is 12.8 Å². The molecular weight excluding hydrogens is 226 g/mol. The van der Waals surface area contributed by atoms with Crippen molar-refractivity contribution >= 4 is 12.1 Å². The van der Waals surface area contributed by atoms with Crippen molar-refractivity contribution in [2.45, 2.75) is 51.5 Å². The fraction of sp³-hybridized carbons (Fsp3) is 0.818. The first kappa shape index (κ1) is 13.8. The van der Waals surface area contributed by atoms with Crippen molar-refractivity contribution in [1.29, 1.82) is 0 Å². The van der Waals surface area contributed by atoms with Gasteiger partial charge in [0.05, 0.1) is 12.0 Å². The minimum Gasteiger partial charge on any atom is -0.548 e. The zero-order valence-electron chi connectivity index (χ0n) is 10.6. The lowest BCUT2D eigenvalue weighted by atomic mass is 10.2. The number of hydrogen-bond donors (Lipinski definition) is 0. The molecule has 0 saturated carbocycles. The quantitative estimate of drug-likeness (QED) is 0.688. The second-order valence-corrected chi connectivity index (χ2v) is 4.99. The Kier molecular flexibility index (Phi) is 3.98. The number of carbonyl (C=O) groups excluding carboxylic acids is 2. The van der Waals surface area contributed by atoms with Crippen molar-refractivity contribution in [2.24, 2.45) is 0 Å². The zero-order chi connectivity index (χ0) is 13.2. The highest BCUT2D eigenvalue weighted by Gasteiger charge is 2.40. The van der Waals surface area contributed by atoms with Crippen molar-refractivity contribution in [3.05, 3.63) is 0 Å². The molecule has 0 aromatic carbocycles. The molecule has 1 aliphatic heterocycles. The third-order valence-corrected chi connectivity index (χ3v) is 2.48. The van der Waals surface area contributed by atoms with Gasteiger partial charge in [0, 0.05) is 7.11 Å². The Hall–Kier alpha value is -1.30. The molecule has 0 bridgehead atoms. The molecule has 0 spiro atoms. The second-order valence-electron chi connectivity index (χ2n) is 4.99. The normalized spacial score (nSPS) is 24.8. The second kappa shape index (κ2) is 4.91. The third-order valence-electron chi connectivity index (χ3n) is 2.48. The molecule has 2 unspecified atom stereocenters. The number of carbonyl (C=O) groups is 2. The summed E-state index contributed by atoms with van der Waals surface area (Å²) in [5, 5.41) is 10.9. The summed E-state index contributed by atoms with van der Waals surface area (Å²) in [6.45, 7) is 5.16. The number of carboxylic acids is 1. The number of nitrogens with zero attached hydrogens (tertiary/aromatic N) is 1. The lowest BCUT2D eigenvalue weighted by Gasteiger charge is -2.32. The van der Waals surface area contributed by atoms with Gasteiger partial charge in [-0.05, 0) is 33.6 Å². The standard InChI is InChI=1S/C11H19NO5/c1-11(2,3)17-10(15)12-7(9(13)14)5-6-8(12)16-4/h7-8H,5-6H2,1-4H3,(H,13,14)/p-1. The van der Waals surface area contributed by atoms with Crippen LogP contribution in [-0.4, -0.2) is 41.9 Å². The van der Waals surface area contributed by atoms with Crippen molar-refractivity contribution in [1.82, 2.24) is 4.90 Å². The van der Waals surface area contributed by atoms with Gasteiger partial charge in [0.15, 0.2) is 0 Å². The Morgan fingerprint density at radius 2 is 1.88 bits per heavy atom. The van der Waals surface area contributed by atoms with Gasteiger partial charge in [0.2, 0.25) is 0 Å². The molecular formula is C11H18NO5-. The molecule has 0 radical (unpaired) electrons. The lowest BCUT2D eigenvalue weighted by Crippen LogP contribution is -2.51. The molecule has 0 aliphatic carbocycles. The van der Waals surface area contributed by atoms with E-state index in [4.69, 9.17) is 9.47 Å². The van der Waals surface area contributed by atoms with Crippen molar-refractivity contribution in [2.75, 3.05) is 7.11 Å². The van der Waals surface area contributed by atoms with Crippen molar-refractivity contribution in [3.63, 3.8) is 0 Å². The molecule has 6 nitrogen and oxygen atoms in total. The number of rotatable bonds is 2. The van der Waals surface area contributed by atoms with Gasteiger partial charge in [0.1, 0.15) is 11.8 Å². The molecule has 1 saturated heterocycles. The van der Waals surface area contributed by atoms with E-state index in [1.807, 2.05) is 0 Å². The van der Waals surface area contributed by atoms with Gasteiger partial charge in [-0.1, -0.05) is 0 Å². The van der Waals surface area contributed by atoms with Crippen LogP contribution in [0.3, 0.4) is 0 Å². The number of aliphatic carboxylic acids is 1. The van der Waals surface area contributed by atoms with Gasteiger partial charge in [-0.2, -0.15) is 0 Å². The van der Waals surface area contributed by atoms with Gasteiger partial charge < -0.3 is 19.4 Å². The maximum Gasteiger partial charge on any atom is 0.412 e. The largest absolute Gasteiger partial charge is 0.548 e. The first-order valence-electron chi connectivity index (χ1n) is 5.51. The van der Waals surface area contributed by atoms with E-state index in [1.165, 1.54) is 7.11 Å². The van der Waals surface area contributed by atoms with Crippen LogP contribution < -0.4 is 5.11 Å². The molecule has 98 valence electrons. The summed E-state index contributed by atoms with van der Waals surface area (Å²) in [6, 6.07) is -0.977. The minimum atomic E-state index is -1.28. The molecule has 2 atom stereocenters. The Morgan fingerprint density at radius 1 is 1.29 bits per heavy atom. The van der Waals surface area contributed by atoms with E-state index in [1.54, 1.807) is 20.8 Å².